The minimum atomic E-state index is -0.978. The van der Waals surface area contributed by atoms with Crippen LogP contribution in [0.25, 0.3) is 0 Å². The highest BCUT2D eigenvalue weighted by atomic mass is 16.4. The highest BCUT2D eigenvalue weighted by Gasteiger charge is 2.13. The fraction of sp³-hybridized carbons (Fsp3) is 0.500. The Morgan fingerprint density at radius 2 is 2.29 bits per heavy atom. The molecule has 0 amide bonds. The number of carboxylic acids is 1. The third-order valence-electron chi connectivity index (χ3n) is 2.46. The molecule has 17 heavy (non-hydrogen) atoms. The molecule has 0 aliphatic carbocycles. The first-order valence-corrected chi connectivity index (χ1v) is 5.63. The highest BCUT2D eigenvalue weighted by Crippen LogP contribution is 2.16. The zero-order valence-corrected chi connectivity index (χ0v) is 10.1. The van der Waals surface area contributed by atoms with E-state index in [0.29, 0.717) is 24.3 Å². The van der Waals surface area contributed by atoms with Gasteiger partial charge in [-0.05, 0) is 38.3 Å². The molecular weight excluding hydrogens is 220 g/mol. The van der Waals surface area contributed by atoms with E-state index >= 15 is 0 Å². The lowest BCUT2D eigenvalue weighted by Gasteiger charge is -2.10. The molecule has 0 saturated heterocycles. The van der Waals surface area contributed by atoms with Crippen molar-refractivity contribution >= 4 is 11.8 Å². The van der Waals surface area contributed by atoms with Gasteiger partial charge in [0.2, 0.25) is 0 Å². The average molecular weight is 238 g/mol. The lowest BCUT2D eigenvalue weighted by molar-refractivity contribution is 0.0696. The van der Waals surface area contributed by atoms with Crippen LogP contribution in [0.2, 0.25) is 0 Å². The van der Waals surface area contributed by atoms with Gasteiger partial charge in [0.05, 0.1) is 6.10 Å². The van der Waals surface area contributed by atoms with E-state index in [-0.39, 0.29) is 11.7 Å². The Labute approximate surface area is 101 Å². The number of nitrogens with zero attached hydrogens (tertiary/aromatic N) is 1. The van der Waals surface area contributed by atoms with Crippen LogP contribution in [0, 0.1) is 6.92 Å². The summed E-state index contributed by atoms with van der Waals surface area (Å²) >= 11 is 0. The summed E-state index contributed by atoms with van der Waals surface area (Å²) in [6.07, 6.45) is 2.70. The van der Waals surface area contributed by atoms with E-state index in [1.54, 1.807) is 26.1 Å². The number of rotatable bonds is 6. The highest BCUT2D eigenvalue weighted by molar-refractivity contribution is 5.94. The lowest BCUT2D eigenvalue weighted by Crippen LogP contribution is -2.12. The number of aliphatic hydroxyl groups is 1. The van der Waals surface area contributed by atoms with E-state index in [1.807, 2.05) is 0 Å². The number of hydrogen-bond donors (Lipinski definition) is 3. The topological polar surface area (TPSA) is 82.5 Å². The van der Waals surface area contributed by atoms with Gasteiger partial charge in [0.25, 0.3) is 0 Å². The lowest BCUT2D eigenvalue weighted by atomic mass is 10.1. The quantitative estimate of drug-likeness (QED) is 0.656. The summed E-state index contributed by atoms with van der Waals surface area (Å²) in [6.45, 7) is 4.07. The van der Waals surface area contributed by atoms with Crippen molar-refractivity contribution in [1.29, 1.82) is 0 Å². The largest absolute Gasteiger partial charge is 0.478 e. The van der Waals surface area contributed by atoms with Crippen molar-refractivity contribution in [2.75, 3.05) is 11.9 Å². The second-order valence-corrected chi connectivity index (χ2v) is 4.07. The number of carboxylic acid groups (broad SMARTS) is 1. The first-order valence-electron chi connectivity index (χ1n) is 5.63. The van der Waals surface area contributed by atoms with Crippen molar-refractivity contribution in [1.82, 2.24) is 4.98 Å². The number of aliphatic hydroxyl groups excluding tert-OH is 1. The molecule has 0 aliphatic heterocycles. The minimum absolute atomic E-state index is 0.213. The second kappa shape index (κ2) is 6.20. The molecule has 0 aromatic carbocycles. The normalized spacial score (nSPS) is 12.2. The standard InChI is InChI=1S/C12H18N2O3/c1-8-5-7-14-11(10(8)12(16)17)13-6-3-4-9(2)15/h5,7,9,15H,3-4,6H2,1-2H3,(H,13,14)(H,16,17). The molecule has 5 nitrogen and oxygen atoms in total. The number of aromatic nitrogens is 1. The fourth-order valence-corrected chi connectivity index (χ4v) is 1.57. The molecular formula is C12H18N2O3. The van der Waals surface area contributed by atoms with E-state index in [9.17, 15) is 4.79 Å². The zero-order chi connectivity index (χ0) is 12.8. The summed E-state index contributed by atoms with van der Waals surface area (Å²) in [7, 11) is 0. The number of pyridine rings is 1. The van der Waals surface area contributed by atoms with E-state index in [0.717, 1.165) is 6.42 Å². The zero-order valence-electron chi connectivity index (χ0n) is 10.1. The molecule has 1 heterocycles. The fourth-order valence-electron chi connectivity index (χ4n) is 1.57. The van der Waals surface area contributed by atoms with Crippen LogP contribution in [0.1, 0.15) is 35.7 Å². The van der Waals surface area contributed by atoms with Gasteiger partial charge in [-0.3, -0.25) is 0 Å². The maximum Gasteiger partial charge on any atom is 0.339 e. The van der Waals surface area contributed by atoms with Crippen LogP contribution in [-0.4, -0.2) is 33.8 Å². The summed E-state index contributed by atoms with van der Waals surface area (Å²) in [5.41, 5.74) is 0.898. The molecule has 0 saturated carbocycles. The molecule has 0 radical (unpaired) electrons. The van der Waals surface area contributed by atoms with Gasteiger partial charge in [0.15, 0.2) is 0 Å². The van der Waals surface area contributed by atoms with E-state index in [1.165, 1.54) is 0 Å². The molecule has 5 heteroatoms. The van der Waals surface area contributed by atoms with Gasteiger partial charge in [-0.2, -0.15) is 0 Å². The molecule has 1 rings (SSSR count). The van der Waals surface area contributed by atoms with Crippen LogP contribution >= 0.6 is 0 Å². The number of aromatic carboxylic acids is 1. The van der Waals surface area contributed by atoms with Crippen molar-refractivity contribution in [3.8, 4) is 0 Å². The van der Waals surface area contributed by atoms with Gasteiger partial charge in [-0.15, -0.1) is 0 Å². The summed E-state index contributed by atoms with van der Waals surface area (Å²) in [5.74, 6) is -0.586. The summed E-state index contributed by atoms with van der Waals surface area (Å²) in [4.78, 5) is 15.1. The Kier molecular flexibility index (Phi) is 4.90. The van der Waals surface area contributed by atoms with Crippen LogP contribution in [-0.2, 0) is 0 Å². The smallest absolute Gasteiger partial charge is 0.339 e. The van der Waals surface area contributed by atoms with Crippen molar-refractivity contribution in [2.45, 2.75) is 32.8 Å². The van der Waals surface area contributed by atoms with E-state index < -0.39 is 5.97 Å². The average Bonchev–Trinajstić information content (AvgIpc) is 2.23. The Hall–Kier alpha value is -1.62. The molecule has 0 fully saturated rings. The third kappa shape index (κ3) is 4.03. The Morgan fingerprint density at radius 3 is 2.88 bits per heavy atom. The molecule has 0 aliphatic rings. The van der Waals surface area contributed by atoms with Crippen molar-refractivity contribution in [3.63, 3.8) is 0 Å². The number of anilines is 1. The Balaban J connectivity index is 2.64. The van der Waals surface area contributed by atoms with Gasteiger partial charge in [-0.1, -0.05) is 0 Å². The second-order valence-electron chi connectivity index (χ2n) is 4.07. The van der Waals surface area contributed by atoms with Gasteiger partial charge in [0.1, 0.15) is 11.4 Å². The van der Waals surface area contributed by atoms with Gasteiger partial charge >= 0.3 is 5.97 Å². The maximum atomic E-state index is 11.1. The van der Waals surface area contributed by atoms with Crippen molar-refractivity contribution in [3.05, 3.63) is 23.4 Å². The minimum Gasteiger partial charge on any atom is -0.478 e. The van der Waals surface area contributed by atoms with E-state index in [4.69, 9.17) is 10.2 Å². The molecule has 3 N–H and O–H groups in total. The Morgan fingerprint density at radius 1 is 1.59 bits per heavy atom. The first-order chi connectivity index (χ1) is 8.02. The van der Waals surface area contributed by atoms with Crippen molar-refractivity contribution in [2.24, 2.45) is 0 Å². The SMILES string of the molecule is Cc1ccnc(NCCCC(C)O)c1C(=O)O. The molecule has 1 atom stereocenters. The van der Waals surface area contributed by atoms with Crippen LogP contribution in [0.5, 0.6) is 0 Å². The van der Waals surface area contributed by atoms with Crippen molar-refractivity contribution < 1.29 is 15.0 Å². The summed E-state index contributed by atoms with van der Waals surface area (Å²) in [5, 5.41) is 21.2. The first kappa shape index (κ1) is 13.4. The monoisotopic (exact) mass is 238 g/mol. The number of carbonyl (C=O) groups is 1. The Bertz CT molecular complexity index is 391. The third-order valence-corrected chi connectivity index (χ3v) is 2.46. The van der Waals surface area contributed by atoms with Gasteiger partial charge in [-0.25, -0.2) is 9.78 Å². The predicted molar refractivity (Wildman–Crippen MR) is 65.3 cm³/mol. The van der Waals surface area contributed by atoms with Crippen LogP contribution in [0.4, 0.5) is 5.82 Å². The predicted octanol–water partition coefficient (Wildman–Crippen LogP) is 1.66. The molecule has 0 bridgehead atoms. The molecule has 94 valence electrons. The molecule has 1 aromatic rings. The molecule has 1 aromatic heterocycles. The summed E-state index contributed by atoms with van der Waals surface area (Å²) < 4.78 is 0. The molecule has 0 spiro atoms. The van der Waals surface area contributed by atoms with Crippen LogP contribution in [0.3, 0.4) is 0 Å². The van der Waals surface area contributed by atoms with Crippen LogP contribution in [0.15, 0.2) is 12.3 Å². The molecule has 1 unspecified atom stereocenters. The summed E-state index contributed by atoms with van der Waals surface area (Å²) in [6, 6.07) is 1.67. The van der Waals surface area contributed by atoms with Gasteiger partial charge < -0.3 is 15.5 Å². The van der Waals surface area contributed by atoms with Gasteiger partial charge in [0, 0.05) is 12.7 Å². The number of aryl methyl sites for hydroxylation is 1. The number of hydrogen-bond acceptors (Lipinski definition) is 4. The van der Waals surface area contributed by atoms with Crippen LogP contribution < -0.4 is 5.32 Å². The number of nitrogens with one attached hydrogen (secondary N) is 1. The maximum absolute atomic E-state index is 11.1. The van der Waals surface area contributed by atoms with E-state index in [2.05, 4.69) is 10.3 Å².